The van der Waals surface area contributed by atoms with Crippen molar-refractivity contribution in [3.05, 3.63) is 23.3 Å². The van der Waals surface area contributed by atoms with Crippen LogP contribution >= 0.6 is 0 Å². The largest absolute Gasteiger partial charge is 0.485 e. The van der Waals surface area contributed by atoms with Crippen LogP contribution in [0.5, 0.6) is 5.75 Å². The summed E-state index contributed by atoms with van der Waals surface area (Å²) in [6.07, 6.45) is 0.207. The molecule has 94 valence electrons. The molecule has 0 saturated heterocycles. The maximum absolute atomic E-state index is 6.14. The highest BCUT2D eigenvalue weighted by molar-refractivity contribution is 5.65. The molecule has 1 aliphatic heterocycles. The smallest absolute Gasteiger partial charge is 0.146 e. The number of hydrogen-bond donors (Lipinski definition) is 1. The summed E-state index contributed by atoms with van der Waals surface area (Å²) in [5.41, 5.74) is 3.72. The Morgan fingerprint density at radius 1 is 1.35 bits per heavy atom. The third-order valence-electron chi connectivity index (χ3n) is 3.60. The number of rotatable bonds is 2. The molecular formula is C14H22N2O. The molecule has 0 spiro atoms. The van der Waals surface area contributed by atoms with Crippen LogP contribution in [0.15, 0.2) is 12.1 Å². The molecule has 0 aromatic heterocycles. The molecule has 2 unspecified atom stereocenters. The molecule has 3 heteroatoms. The third kappa shape index (κ3) is 2.12. The topological polar surface area (TPSA) is 24.5 Å². The van der Waals surface area contributed by atoms with Gasteiger partial charge >= 0.3 is 0 Å². The first-order chi connectivity index (χ1) is 8.04. The van der Waals surface area contributed by atoms with Crippen molar-refractivity contribution in [3.63, 3.8) is 0 Å². The highest BCUT2D eigenvalue weighted by Gasteiger charge is 2.31. The van der Waals surface area contributed by atoms with Gasteiger partial charge in [-0.25, -0.2) is 0 Å². The summed E-state index contributed by atoms with van der Waals surface area (Å²) in [4.78, 5) is 2.32. The summed E-state index contributed by atoms with van der Waals surface area (Å²) < 4.78 is 6.14. The molecule has 17 heavy (non-hydrogen) atoms. The van der Waals surface area contributed by atoms with Gasteiger partial charge in [-0.2, -0.15) is 0 Å². The minimum absolute atomic E-state index is 0.207. The third-order valence-corrected chi connectivity index (χ3v) is 3.60. The lowest BCUT2D eigenvalue weighted by Crippen LogP contribution is -2.50. The quantitative estimate of drug-likeness (QED) is 0.848. The van der Waals surface area contributed by atoms with Crippen LogP contribution in [-0.2, 0) is 0 Å². The van der Waals surface area contributed by atoms with Crippen molar-refractivity contribution in [2.75, 3.05) is 25.5 Å². The van der Waals surface area contributed by atoms with E-state index in [2.05, 4.69) is 50.2 Å². The van der Waals surface area contributed by atoms with E-state index in [0.29, 0.717) is 6.04 Å². The highest BCUT2D eigenvalue weighted by Crippen LogP contribution is 2.38. The number of ether oxygens (including phenoxy) is 1. The Morgan fingerprint density at radius 2 is 2.06 bits per heavy atom. The second kappa shape index (κ2) is 4.57. The molecule has 1 heterocycles. The van der Waals surface area contributed by atoms with Gasteiger partial charge in [0.2, 0.25) is 0 Å². The van der Waals surface area contributed by atoms with Crippen LogP contribution in [0.2, 0.25) is 0 Å². The van der Waals surface area contributed by atoms with Crippen molar-refractivity contribution in [3.8, 4) is 5.75 Å². The van der Waals surface area contributed by atoms with E-state index in [1.54, 1.807) is 0 Å². The summed E-state index contributed by atoms with van der Waals surface area (Å²) in [6.45, 7) is 7.33. The van der Waals surface area contributed by atoms with Gasteiger partial charge in [0.25, 0.3) is 0 Å². The van der Waals surface area contributed by atoms with Crippen LogP contribution in [0.25, 0.3) is 0 Å². The van der Waals surface area contributed by atoms with Crippen molar-refractivity contribution in [1.29, 1.82) is 0 Å². The normalized spacial score (nSPS) is 23.2. The molecule has 0 aliphatic carbocycles. The second-order valence-corrected chi connectivity index (χ2v) is 5.00. The van der Waals surface area contributed by atoms with Gasteiger partial charge in [0.05, 0.1) is 11.7 Å². The molecule has 0 saturated carbocycles. The van der Waals surface area contributed by atoms with E-state index < -0.39 is 0 Å². The molecule has 1 N–H and O–H groups in total. The number of nitrogens with one attached hydrogen (secondary N) is 1. The number of hydrogen-bond acceptors (Lipinski definition) is 3. The number of likely N-dealkylation sites (N-methyl/N-ethyl adjacent to an activating group) is 2. The second-order valence-electron chi connectivity index (χ2n) is 5.00. The molecule has 0 fully saturated rings. The number of aryl methyl sites for hydroxylation is 2. The summed E-state index contributed by atoms with van der Waals surface area (Å²) in [5, 5.41) is 3.20. The van der Waals surface area contributed by atoms with E-state index in [1.807, 2.05) is 7.05 Å². The summed E-state index contributed by atoms with van der Waals surface area (Å²) >= 11 is 0. The van der Waals surface area contributed by atoms with E-state index in [1.165, 1.54) is 16.8 Å². The predicted molar refractivity (Wildman–Crippen MR) is 72.1 cm³/mol. The van der Waals surface area contributed by atoms with Crippen LogP contribution in [0.4, 0.5) is 5.69 Å². The molecule has 0 amide bonds. The van der Waals surface area contributed by atoms with Gasteiger partial charge in [-0.1, -0.05) is 6.07 Å². The van der Waals surface area contributed by atoms with E-state index in [9.17, 15) is 0 Å². The fourth-order valence-electron chi connectivity index (χ4n) is 2.48. The maximum atomic E-state index is 6.14. The lowest BCUT2D eigenvalue weighted by atomic mass is 10.0. The minimum Gasteiger partial charge on any atom is -0.485 e. The van der Waals surface area contributed by atoms with E-state index in [4.69, 9.17) is 4.74 Å². The summed E-state index contributed by atoms with van der Waals surface area (Å²) in [6, 6.07) is 4.77. The van der Waals surface area contributed by atoms with Crippen LogP contribution in [-0.4, -0.2) is 32.8 Å². The Kier molecular flexibility index (Phi) is 3.29. The first-order valence-corrected chi connectivity index (χ1v) is 6.20. The van der Waals surface area contributed by atoms with Crippen molar-refractivity contribution in [2.24, 2.45) is 0 Å². The summed E-state index contributed by atoms with van der Waals surface area (Å²) in [5.74, 6) is 1.04. The predicted octanol–water partition coefficient (Wildman–Crippen LogP) is 2.11. The van der Waals surface area contributed by atoms with Gasteiger partial charge in [-0.3, -0.25) is 0 Å². The zero-order chi connectivity index (χ0) is 12.6. The standard InChI is InChI=1S/C14H22N2O/c1-9-6-10(2)14-12(7-9)16(5)11(3)13(17-14)8-15-4/h6-7,11,13,15H,8H2,1-5H3. The van der Waals surface area contributed by atoms with Gasteiger partial charge in [-0.15, -0.1) is 0 Å². The van der Waals surface area contributed by atoms with Crippen molar-refractivity contribution in [2.45, 2.75) is 32.9 Å². The maximum Gasteiger partial charge on any atom is 0.146 e. The Balaban J connectivity index is 2.41. The Morgan fingerprint density at radius 3 is 2.71 bits per heavy atom. The molecule has 1 aromatic rings. The van der Waals surface area contributed by atoms with Crippen LogP contribution in [0.1, 0.15) is 18.1 Å². The fourth-order valence-corrected chi connectivity index (χ4v) is 2.48. The van der Waals surface area contributed by atoms with E-state index in [-0.39, 0.29) is 6.10 Å². The number of benzene rings is 1. The number of fused-ring (bicyclic) bond motifs is 1. The van der Waals surface area contributed by atoms with Gasteiger partial charge < -0.3 is 15.0 Å². The van der Waals surface area contributed by atoms with E-state index >= 15 is 0 Å². The molecule has 3 nitrogen and oxygen atoms in total. The lowest BCUT2D eigenvalue weighted by Gasteiger charge is -2.40. The molecule has 2 atom stereocenters. The molecule has 1 aliphatic rings. The first kappa shape index (κ1) is 12.2. The molecule has 2 rings (SSSR count). The van der Waals surface area contributed by atoms with E-state index in [0.717, 1.165) is 12.3 Å². The Bertz CT molecular complexity index is 417. The van der Waals surface area contributed by atoms with Gasteiger partial charge in [-0.05, 0) is 45.0 Å². The number of anilines is 1. The Labute approximate surface area is 104 Å². The fraction of sp³-hybridized carbons (Fsp3) is 0.571. The van der Waals surface area contributed by atoms with Gasteiger partial charge in [0, 0.05) is 13.6 Å². The molecule has 0 radical (unpaired) electrons. The van der Waals surface area contributed by atoms with Gasteiger partial charge in [0.15, 0.2) is 0 Å². The van der Waals surface area contributed by atoms with Crippen LogP contribution < -0.4 is 15.0 Å². The van der Waals surface area contributed by atoms with Crippen molar-refractivity contribution >= 4 is 5.69 Å². The SMILES string of the molecule is CNCC1Oc2c(C)cc(C)cc2N(C)C1C. The Hall–Kier alpha value is -1.22. The minimum atomic E-state index is 0.207. The lowest BCUT2D eigenvalue weighted by molar-refractivity contribution is 0.159. The molecular weight excluding hydrogens is 212 g/mol. The number of nitrogens with zero attached hydrogens (tertiary/aromatic N) is 1. The zero-order valence-electron chi connectivity index (χ0n) is 11.4. The van der Waals surface area contributed by atoms with Crippen LogP contribution in [0, 0.1) is 13.8 Å². The first-order valence-electron chi connectivity index (χ1n) is 6.20. The summed E-state index contributed by atoms with van der Waals surface area (Å²) in [7, 11) is 4.11. The zero-order valence-corrected chi connectivity index (χ0v) is 11.4. The van der Waals surface area contributed by atoms with Crippen LogP contribution in [0.3, 0.4) is 0 Å². The monoisotopic (exact) mass is 234 g/mol. The highest BCUT2D eigenvalue weighted by atomic mass is 16.5. The molecule has 0 bridgehead atoms. The average molecular weight is 234 g/mol. The van der Waals surface area contributed by atoms with Crippen molar-refractivity contribution < 1.29 is 4.74 Å². The average Bonchev–Trinajstić information content (AvgIpc) is 2.27. The van der Waals surface area contributed by atoms with Crippen molar-refractivity contribution in [1.82, 2.24) is 5.32 Å². The molecule has 1 aromatic carbocycles. The van der Waals surface area contributed by atoms with Gasteiger partial charge in [0.1, 0.15) is 11.9 Å².